The summed E-state index contributed by atoms with van der Waals surface area (Å²) in [6.45, 7) is 4.28. The Morgan fingerprint density at radius 3 is 2.74 bits per heavy atom. The van der Waals surface area contributed by atoms with Crippen molar-refractivity contribution in [1.29, 1.82) is 0 Å². The highest BCUT2D eigenvalue weighted by Gasteiger charge is 2.18. The summed E-state index contributed by atoms with van der Waals surface area (Å²) in [6, 6.07) is 0. The van der Waals surface area contributed by atoms with Crippen LogP contribution >= 0.6 is 0 Å². The zero-order valence-corrected chi connectivity index (χ0v) is 11.9. The van der Waals surface area contributed by atoms with Crippen LogP contribution in [0, 0.1) is 6.92 Å². The molecule has 0 fully saturated rings. The van der Waals surface area contributed by atoms with E-state index in [2.05, 4.69) is 10.4 Å². The topological polar surface area (TPSA) is 79.6 Å². The molecule has 0 atom stereocenters. The van der Waals surface area contributed by atoms with Crippen LogP contribution in [0.15, 0.2) is 0 Å². The Hall–Kier alpha value is -1.60. The van der Waals surface area contributed by atoms with Crippen LogP contribution in [-0.4, -0.2) is 66.2 Å². The third kappa shape index (κ3) is 4.53. The van der Waals surface area contributed by atoms with Crippen molar-refractivity contribution in [2.24, 2.45) is 7.05 Å². The fraction of sp³-hybridized carbons (Fsp3) is 0.667. The minimum Gasteiger partial charge on any atom is -0.477 e. The lowest BCUT2D eigenvalue weighted by atomic mass is 10.2. The third-order valence-corrected chi connectivity index (χ3v) is 2.66. The van der Waals surface area contributed by atoms with E-state index in [1.807, 2.05) is 19.0 Å². The van der Waals surface area contributed by atoms with Gasteiger partial charge in [-0.3, -0.25) is 4.68 Å². The average molecular weight is 270 g/mol. The molecule has 0 spiro atoms. The molecular weight excluding hydrogens is 248 g/mol. The minimum atomic E-state index is -0.971. The molecule has 1 rings (SSSR count). The second-order valence-corrected chi connectivity index (χ2v) is 4.58. The van der Waals surface area contributed by atoms with Crippen LogP contribution in [0.2, 0.25) is 0 Å². The lowest BCUT2D eigenvalue weighted by Gasteiger charge is -2.11. The molecule has 7 nitrogen and oxygen atoms in total. The summed E-state index contributed by atoms with van der Waals surface area (Å²) >= 11 is 0. The number of likely N-dealkylation sites (N-methyl/N-ethyl adjacent to an activating group) is 1. The van der Waals surface area contributed by atoms with Crippen molar-refractivity contribution in [2.45, 2.75) is 6.92 Å². The number of carboxylic acid groups (broad SMARTS) is 1. The number of nitrogens with one attached hydrogen (secondary N) is 1. The number of anilines is 1. The Morgan fingerprint density at radius 1 is 1.47 bits per heavy atom. The van der Waals surface area contributed by atoms with Gasteiger partial charge in [-0.25, -0.2) is 4.79 Å². The maximum atomic E-state index is 11.1. The Balaban J connectivity index is 2.43. The van der Waals surface area contributed by atoms with Gasteiger partial charge >= 0.3 is 5.97 Å². The summed E-state index contributed by atoms with van der Waals surface area (Å²) in [5, 5.41) is 16.3. The zero-order chi connectivity index (χ0) is 14.4. The van der Waals surface area contributed by atoms with E-state index in [4.69, 9.17) is 9.84 Å². The highest BCUT2D eigenvalue weighted by molar-refractivity contribution is 5.94. The Labute approximate surface area is 113 Å². The average Bonchev–Trinajstić information content (AvgIpc) is 2.58. The summed E-state index contributed by atoms with van der Waals surface area (Å²) in [6.07, 6.45) is 0. The van der Waals surface area contributed by atoms with Gasteiger partial charge in [0.05, 0.1) is 18.9 Å². The zero-order valence-electron chi connectivity index (χ0n) is 11.9. The summed E-state index contributed by atoms with van der Waals surface area (Å²) in [5.74, 6) is -0.456. The van der Waals surface area contributed by atoms with Crippen LogP contribution in [0.4, 0.5) is 5.82 Å². The Bertz CT molecular complexity index is 429. The number of nitrogens with zero attached hydrogens (tertiary/aromatic N) is 3. The first-order valence-electron chi connectivity index (χ1n) is 6.16. The number of aromatic nitrogens is 2. The normalized spacial score (nSPS) is 11.0. The highest BCUT2D eigenvalue weighted by atomic mass is 16.5. The number of rotatable bonds is 8. The molecule has 0 radical (unpaired) electrons. The van der Waals surface area contributed by atoms with Gasteiger partial charge in [-0.2, -0.15) is 5.10 Å². The lowest BCUT2D eigenvalue weighted by Crippen LogP contribution is -2.20. The molecule has 0 bridgehead atoms. The second kappa shape index (κ2) is 7.10. The van der Waals surface area contributed by atoms with Crippen LogP contribution in [0.3, 0.4) is 0 Å². The molecule has 0 amide bonds. The van der Waals surface area contributed by atoms with Crippen molar-refractivity contribution in [2.75, 3.05) is 45.7 Å². The van der Waals surface area contributed by atoms with Crippen molar-refractivity contribution in [3.63, 3.8) is 0 Å². The third-order valence-electron chi connectivity index (χ3n) is 2.66. The Kier molecular flexibility index (Phi) is 5.78. The minimum absolute atomic E-state index is 0.218. The molecule has 1 heterocycles. The largest absolute Gasteiger partial charge is 0.477 e. The predicted molar refractivity (Wildman–Crippen MR) is 72.8 cm³/mol. The summed E-state index contributed by atoms with van der Waals surface area (Å²) in [7, 11) is 5.69. The first-order chi connectivity index (χ1) is 8.93. The van der Waals surface area contributed by atoms with E-state index in [1.54, 1.807) is 18.7 Å². The molecule has 0 aliphatic carbocycles. The number of aromatic carboxylic acids is 1. The van der Waals surface area contributed by atoms with Gasteiger partial charge in [0, 0.05) is 20.1 Å². The van der Waals surface area contributed by atoms with Crippen molar-refractivity contribution in [3.05, 3.63) is 11.3 Å². The number of hydrogen-bond donors (Lipinski definition) is 2. The molecular formula is C12H22N4O3. The molecule has 0 aliphatic rings. The molecule has 0 aliphatic heterocycles. The summed E-state index contributed by atoms with van der Waals surface area (Å²) in [5.41, 5.74) is 0.724. The van der Waals surface area contributed by atoms with Crippen molar-refractivity contribution < 1.29 is 14.6 Å². The van der Waals surface area contributed by atoms with E-state index in [-0.39, 0.29) is 5.56 Å². The van der Waals surface area contributed by atoms with E-state index >= 15 is 0 Å². The van der Waals surface area contributed by atoms with E-state index < -0.39 is 5.97 Å². The van der Waals surface area contributed by atoms with Crippen LogP contribution < -0.4 is 5.32 Å². The predicted octanol–water partition coefficient (Wildman–Crippen LogP) is 0.417. The Morgan fingerprint density at radius 2 is 2.16 bits per heavy atom. The van der Waals surface area contributed by atoms with Gasteiger partial charge in [0.1, 0.15) is 11.4 Å². The summed E-state index contributed by atoms with van der Waals surface area (Å²) in [4.78, 5) is 13.2. The van der Waals surface area contributed by atoms with Gasteiger partial charge in [-0.15, -0.1) is 0 Å². The molecule has 1 aromatic heterocycles. The molecule has 1 aromatic rings. The maximum Gasteiger partial charge on any atom is 0.341 e. The molecule has 0 saturated carbocycles. The fourth-order valence-corrected chi connectivity index (χ4v) is 1.71. The van der Waals surface area contributed by atoms with E-state index in [1.165, 1.54) is 0 Å². The molecule has 0 unspecified atom stereocenters. The van der Waals surface area contributed by atoms with Gasteiger partial charge < -0.3 is 20.1 Å². The molecule has 0 aromatic carbocycles. The van der Waals surface area contributed by atoms with Crippen LogP contribution in [0.5, 0.6) is 0 Å². The quantitative estimate of drug-likeness (QED) is 0.666. The highest BCUT2D eigenvalue weighted by Crippen LogP contribution is 2.18. The number of carboxylic acids is 1. The number of aryl methyl sites for hydroxylation is 2. The van der Waals surface area contributed by atoms with E-state index in [0.717, 1.165) is 6.54 Å². The number of hydrogen-bond acceptors (Lipinski definition) is 5. The SMILES string of the molecule is Cc1nn(C)c(NCCOCCN(C)C)c1C(=O)O. The van der Waals surface area contributed by atoms with Gasteiger partial charge in [-0.1, -0.05) is 0 Å². The van der Waals surface area contributed by atoms with Crippen molar-refractivity contribution in [1.82, 2.24) is 14.7 Å². The van der Waals surface area contributed by atoms with Crippen LogP contribution in [0.25, 0.3) is 0 Å². The number of carbonyl (C=O) groups is 1. The molecule has 0 saturated heterocycles. The molecule has 108 valence electrons. The molecule has 19 heavy (non-hydrogen) atoms. The van der Waals surface area contributed by atoms with Crippen LogP contribution in [-0.2, 0) is 11.8 Å². The monoisotopic (exact) mass is 270 g/mol. The molecule has 7 heteroatoms. The van der Waals surface area contributed by atoms with Gasteiger partial charge in [0.2, 0.25) is 0 Å². The van der Waals surface area contributed by atoms with Gasteiger partial charge in [-0.05, 0) is 21.0 Å². The van der Waals surface area contributed by atoms with Gasteiger partial charge in [0.15, 0.2) is 0 Å². The van der Waals surface area contributed by atoms with Gasteiger partial charge in [0.25, 0.3) is 0 Å². The first-order valence-corrected chi connectivity index (χ1v) is 6.16. The van der Waals surface area contributed by atoms with Crippen molar-refractivity contribution in [3.8, 4) is 0 Å². The first kappa shape index (κ1) is 15.5. The standard InChI is InChI=1S/C12H22N4O3/c1-9-10(12(17)18)11(16(4)14-9)13-5-7-19-8-6-15(2)3/h13H,5-8H2,1-4H3,(H,17,18). The van der Waals surface area contributed by atoms with Crippen molar-refractivity contribution >= 4 is 11.8 Å². The lowest BCUT2D eigenvalue weighted by molar-refractivity contribution is 0.0697. The summed E-state index contributed by atoms with van der Waals surface area (Å²) < 4.78 is 6.97. The molecule has 2 N–H and O–H groups in total. The second-order valence-electron chi connectivity index (χ2n) is 4.58. The number of ether oxygens (including phenoxy) is 1. The van der Waals surface area contributed by atoms with E-state index in [9.17, 15) is 4.79 Å². The maximum absolute atomic E-state index is 11.1. The van der Waals surface area contributed by atoms with E-state index in [0.29, 0.717) is 31.3 Å². The fourth-order valence-electron chi connectivity index (χ4n) is 1.71. The van der Waals surface area contributed by atoms with Crippen LogP contribution in [0.1, 0.15) is 16.1 Å². The smallest absolute Gasteiger partial charge is 0.341 e.